The van der Waals surface area contributed by atoms with Crippen molar-refractivity contribution in [3.8, 4) is 0 Å². The van der Waals surface area contributed by atoms with Gasteiger partial charge in [0.05, 0.1) is 6.54 Å². The summed E-state index contributed by atoms with van der Waals surface area (Å²) in [4.78, 5) is 34.4. The molecule has 7 nitrogen and oxygen atoms in total. The minimum atomic E-state index is -0.742. The Morgan fingerprint density at radius 1 is 1.05 bits per heavy atom. The Labute approximate surface area is 131 Å². The fourth-order valence-corrected chi connectivity index (χ4v) is 2.37. The van der Waals surface area contributed by atoms with Crippen LogP contribution in [0.4, 0.5) is 4.79 Å². The molecule has 0 aromatic heterocycles. The number of rotatable bonds is 5. The van der Waals surface area contributed by atoms with Crippen LogP contribution < -0.4 is 16.2 Å². The van der Waals surface area contributed by atoms with E-state index in [1.807, 2.05) is 0 Å². The highest BCUT2D eigenvalue weighted by Gasteiger charge is 2.17. The molecule has 7 heteroatoms. The second-order valence-electron chi connectivity index (χ2n) is 6.64. The number of ether oxygens (including phenoxy) is 1. The molecule has 0 radical (unpaired) electrons. The molecule has 22 heavy (non-hydrogen) atoms. The Balaban J connectivity index is 2.09. The lowest BCUT2D eigenvalue weighted by atomic mass is 10.0. The van der Waals surface area contributed by atoms with E-state index in [1.54, 1.807) is 20.8 Å². The molecule has 1 rings (SSSR count). The molecule has 3 N–H and O–H groups in total. The molecule has 0 unspecified atom stereocenters. The highest BCUT2D eigenvalue weighted by atomic mass is 16.6. The maximum atomic E-state index is 11.6. The van der Waals surface area contributed by atoms with Gasteiger partial charge in [-0.05, 0) is 33.1 Å². The minimum Gasteiger partial charge on any atom is -0.443 e. The van der Waals surface area contributed by atoms with Gasteiger partial charge in [0.15, 0.2) is 0 Å². The van der Waals surface area contributed by atoms with Crippen LogP contribution >= 0.6 is 0 Å². The molecular weight excluding hydrogens is 286 g/mol. The van der Waals surface area contributed by atoms with Gasteiger partial charge in [-0.1, -0.05) is 25.7 Å². The summed E-state index contributed by atoms with van der Waals surface area (Å²) in [5.74, 6) is 0.00723. The third-order valence-electron chi connectivity index (χ3n) is 3.40. The van der Waals surface area contributed by atoms with Crippen LogP contribution in [0.2, 0.25) is 0 Å². The van der Waals surface area contributed by atoms with Gasteiger partial charge < -0.3 is 10.1 Å². The number of hydrazine groups is 1. The van der Waals surface area contributed by atoms with Crippen molar-refractivity contribution in [1.29, 1.82) is 0 Å². The van der Waals surface area contributed by atoms with Crippen molar-refractivity contribution in [2.75, 3.05) is 6.54 Å². The zero-order chi connectivity index (χ0) is 16.6. The first-order valence-electron chi connectivity index (χ1n) is 7.81. The topological polar surface area (TPSA) is 96.5 Å². The highest BCUT2D eigenvalue weighted by Crippen LogP contribution is 2.28. The van der Waals surface area contributed by atoms with Crippen molar-refractivity contribution < 1.29 is 19.1 Å². The molecule has 0 bridgehead atoms. The van der Waals surface area contributed by atoms with Crippen molar-refractivity contribution in [1.82, 2.24) is 16.2 Å². The number of carbonyl (C=O) groups is 3. The van der Waals surface area contributed by atoms with Crippen LogP contribution in [0.5, 0.6) is 0 Å². The Hall–Kier alpha value is -1.79. The molecule has 126 valence electrons. The summed E-state index contributed by atoms with van der Waals surface area (Å²) in [6, 6.07) is 0. The van der Waals surface area contributed by atoms with E-state index in [4.69, 9.17) is 4.74 Å². The smallest absolute Gasteiger partial charge is 0.426 e. The number of hydrogen-bond acceptors (Lipinski definition) is 4. The number of amides is 3. The molecule has 0 atom stereocenters. The Morgan fingerprint density at radius 3 is 2.27 bits per heavy atom. The third kappa shape index (κ3) is 8.49. The molecule has 0 aromatic rings. The Kier molecular flexibility index (Phi) is 7.14. The molecule has 1 fully saturated rings. The molecule has 1 saturated carbocycles. The standard InChI is InChI=1S/C15H27N3O4/c1-15(2,3)22-14(21)18-17-13(20)10-16-12(19)9-8-11-6-4-5-7-11/h11H,4-10H2,1-3H3,(H,16,19)(H,17,20)(H,18,21). The van der Waals surface area contributed by atoms with E-state index in [1.165, 1.54) is 25.7 Å². The summed E-state index contributed by atoms with van der Waals surface area (Å²) in [5, 5.41) is 2.54. The first-order chi connectivity index (χ1) is 10.3. The normalized spacial score (nSPS) is 15.2. The van der Waals surface area contributed by atoms with Crippen LogP contribution in [-0.2, 0) is 14.3 Å². The van der Waals surface area contributed by atoms with Gasteiger partial charge in [0, 0.05) is 6.42 Å². The van der Waals surface area contributed by atoms with Crippen molar-refractivity contribution >= 4 is 17.9 Å². The Bertz CT molecular complexity index is 398. The van der Waals surface area contributed by atoms with Crippen LogP contribution in [0.1, 0.15) is 59.3 Å². The number of carbonyl (C=O) groups excluding carboxylic acids is 3. The summed E-state index contributed by atoms with van der Waals surface area (Å²) in [7, 11) is 0. The summed E-state index contributed by atoms with van der Waals surface area (Å²) < 4.78 is 4.96. The molecule has 0 heterocycles. The van der Waals surface area contributed by atoms with Crippen LogP contribution in [-0.4, -0.2) is 30.1 Å². The van der Waals surface area contributed by atoms with E-state index in [-0.39, 0.29) is 12.5 Å². The summed E-state index contributed by atoms with van der Waals surface area (Å²) in [6.07, 6.45) is 5.49. The summed E-state index contributed by atoms with van der Waals surface area (Å²) in [6.45, 7) is 5.00. The lowest BCUT2D eigenvalue weighted by Gasteiger charge is -2.19. The van der Waals surface area contributed by atoms with Crippen molar-refractivity contribution in [2.45, 2.75) is 64.9 Å². The summed E-state index contributed by atoms with van der Waals surface area (Å²) in [5.41, 5.74) is 3.67. The summed E-state index contributed by atoms with van der Waals surface area (Å²) >= 11 is 0. The van der Waals surface area contributed by atoms with Crippen LogP contribution in [0.25, 0.3) is 0 Å². The van der Waals surface area contributed by atoms with E-state index in [9.17, 15) is 14.4 Å². The van der Waals surface area contributed by atoms with Crippen molar-refractivity contribution in [3.05, 3.63) is 0 Å². The Morgan fingerprint density at radius 2 is 1.68 bits per heavy atom. The maximum Gasteiger partial charge on any atom is 0.426 e. The zero-order valence-corrected chi connectivity index (χ0v) is 13.7. The lowest BCUT2D eigenvalue weighted by molar-refractivity contribution is -0.126. The van der Waals surface area contributed by atoms with Crippen molar-refractivity contribution in [2.24, 2.45) is 5.92 Å². The first kappa shape index (κ1) is 18.3. The fraction of sp³-hybridized carbons (Fsp3) is 0.800. The SMILES string of the molecule is CC(C)(C)OC(=O)NNC(=O)CNC(=O)CCC1CCCC1. The highest BCUT2D eigenvalue weighted by molar-refractivity contribution is 5.85. The maximum absolute atomic E-state index is 11.6. The van der Waals surface area contributed by atoms with Crippen LogP contribution in [0.15, 0.2) is 0 Å². The average molecular weight is 313 g/mol. The van der Waals surface area contributed by atoms with Crippen LogP contribution in [0, 0.1) is 5.92 Å². The molecular formula is C15H27N3O4. The van der Waals surface area contributed by atoms with Gasteiger partial charge in [0.1, 0.15) is 5.60 Å². The van der Waals surface area contributed by atoms with Gasteiger partial charge in [0.25, 0.3) is 5.91 Å². The lowest BCUT2D eigenvalue weighted by Crippen LogP contribution is -2.47. The van der Waals surface area contributed by atoms with Gasteiger partial charge >= 0.3 is 6.09 Å². The first-order valence-corrected chi connectivity index (χ1v) is 7.81. The predicted octanol–water partition coefficient (Wildman–Crippen LogP) is 1.63. The fourth-order valence-electron chi connectivity index (χ4n) is 2.37. The molecule has 1 aliphatic rings. The molecule has 0 aliphatic heterocycles. The van der Waals surface area contributed by atoms with E-state index in [0.29, 0.717) is 12.3 Å². The van der Waals surface area contributed by atoms with E-state index < -0.39 is 17.6 Å². The number of nitrogens with one attached hydrogen (secondary N) is 3. The van der Waals surface area contributed by atoms with Crippen LogP contribution in [0.3, 0.4) is 0 Å². The van der Waals surface area contributed by atoms with E-state index in [0.717, 1.165) is 6.42 Å². The average Bonchev–Trinajstić information content (AvgIpc) is 2.92. The molecule has 0 spiro atoms. The second kappa shape index (κ2) is 8.60. The second-order valence-corrected chi connectivity index (χ2v) is 6.64. The predicted molar refractivity (Wildman–Crippen MR) is 81.7 cm³/mol. The van der Waals surface area contributed by atoms with E-state index in [2.05, 4.69) is 16.2 Å². The molecule has 0 saturated heterocycles. The van der Waals surface area contributed by atoms with Gasteiger partial charge in [0.2, 0.25) is 5.91 Å². The minimum absolute atomic E-state index is 0.140. The van der Waals surface area contributed by atoms with E-state index >= 15 is 0 Å². The quantitative estimate of drug-likeness (QED) is 0.672. The van der Waals surface area contributed by atoms with Gasteiger partial charge in [-0.2, -0.15) is 0 Å². The molecule has 0 aromatic carbocycles. The van der Waals surface area contributed by atoms with Gasteiger partial charge in [-0.15, -0.1) is 0 Å². The van der Waals surface area contributed by atoms with Gasteiger partial charge in [-0.25, -0.2) is 10.2 Å². The number of hydrogen-bond donors (Lipinski definition) is 3. The monoisotopic (exact) mass is 313 g/mol. The molecule has 1 aliphatic carbocycles. The van der Waals surface area contributed by atoms with Gasteiger partial charge in [-0.3, -0.25) is 15.0 Å². The third-order valence-corrected chi connectivity index (χ3v) is 3.40. The largest absolute Gasteiger partial charge is 0.443 e. The zero-order valence-electron chi connectivity index (χ0n) is 13.7. The molecule has 3 amide bonds. The van der Waals surface area contributed by atoms with Crippen molar-refractivity contribution in [3.63, 3.8) is 0 Å².